The van der Waals surface area contributed by atoms with Gasteiger partial charge in [-0.25, -0.2) is 0 Å². The summed E-state index contributed by atoms with van der Waals surface area (Å²) in [6, 6.07) is 0.709. The van der Waals surface area contributed by atoms with Crippen molar-refractivity contribution in [3.8, 4) is 0 Å². The predicted octanol–water partition coefficient (Wildman–Crippen LogP) is 3.63. The van der Waals surface area contributed by atoms with Gasteiger partial charge in [0, 0.05) is 30.3 Å². The Balaban J connectivity index is 1.99. The zero-order valence-corrected chi connectivity index (χ0v) is 12.8. The van der Waals surface area contributed by atoms with E-state index < -0.39 is 0 Å². The molecule has 2 heteroatoms. The highest BCUT2D eigenvalue weighted by molar-refractivity contribution is 5.96. The van der Waals surface area contributed by atoms with Crippen LogP contribution >= 0.6 is 0 Å². The first kappa shape index (κ1) is 13.2. The fraction of sp³-hybridized carbons (Fsp3) is 0.824. The van der Waals surface area contributed by atoms with Crippen LogP contribution in [0.4, 0.5) is 0 Å². The van der Waals surface area contributed by atoms with Gasteiger partial charge in [0.05, 0.1) is 0 Å². The van der Waals surface area contributed by atoms with E-state index in [9.17, 15) is 4.79 Å². The molecule has 19 heavy (non-hydrogen) atoms. The molecule has 2 nitrogen and oxygen atoms in total. The lowest BCUT2D eigenvalue weighted by atomic mass is 9.64. The molecule has 0 aromatic carbocycles. The number of rotatable bonds is 0. The largest absolute Gasteiger partial charge is 0.371 e. The number of carbonyl (C=O) groups is 1. The molecule has 0 bridgehead atoms. The van der Waals surface area contributed by atoms with E-state index in [1.807, 2.05) is 0 Å². The van der Waals surface area contributed by atoms with Crippen molar-refractivity contribution >= 4 is 5.78 Å². The van der Waals surface area contributed by atoms with Gasteiger partial charge in [-0.15, -0.1) is 0 Å². The second kappa shape index (κ2) is 4.64. The standard InChI is InChI=1S/C17H27NO/c1-10-5-6-15-14(9-10)11(2)12(3)17-13(4)16(19)7-8-18(15)17/h10-12,14-15H,5-9H2,1-4H3. The molecule has 2 heterocycles. The van der Waals surface area contributed by atoms with Gasteiger partial charge in [-0.05, 0) is 49.9 Å². The lowest BCUT2D eigenvalue weighted by Crippen LogP contribution is -2.55. The summed E-state index contributed by atoms with van der Waals surface area (Å²) in [5, 5.41) is 0. The van der Waals surface area contributed by atoms with Crippen LogP contribution in [0.15, 0.2) is 11.3 Å². The van der Waals surface area contributed by atoms with Crippen molar-refractivity contribution in [2.24, 2.45) is 23.7 Å². The molecule has 1 saturated heterocycles. The summed E-state index contributed by atoms with van der Waals surface area (Å²) >= 11 is 0. The van der Waals surface area contributed by atoms with Crippen molar-refractivity contribution in [1.82, 2.24) is 4.90 Å². The first-order chi connectivity index (χ1) is 9.00. The number of hydrogen-bond donors (Lipinski definition) is 0. The van der Waals surface area contributed by atoms with Crippen molar-refractivity contribution in [3.63, 3.8) is 0 Å². The van der Waals surface area contributed by atoms with Crippen LogP contribution in [0.3, 0.4) is 0 Å². The molecule has 5 atom stereocenters. The molecule has 0 aromatic rings. The normalized spacial score (nSPS) is 43.1. The number of ketones is 1. The van der Waals surface area contributed by atoms with Gasteiger partial charge in [0.1, 0.15) is 0 Å². The minimum atomic E-state index is 0.382. The second-order valence-corrected chi connectivity index (χ2v) is 7.17. The molecule has 0 spiro atoms. The summed E-state index contributed by atoms with van der Waals surface area (Å²) in [7, 11) is 0. The fourth-order valence-electron chi connectivity index (χ4n) is 4.82. The first-order valence-corrected chi connectivity index (χ1v) is 8.01. The average molecular weight is 261 g/mol. The summed E-state index contributed by atoms with van der Waals surface area (Å²) in [6.07, 6.45) is 4.80. The number of piperidine rings is 1. The predicted molar refractivity (Wildman–Crippen MR) is 77.7 cm³/mol. The summed E-state index contributed by atoms with van der Waals surface area (Å²) in [5.41, 5.74) is 2.45. The summed E-state index contributed by atoms with van der Waals surface area (Å²) in [5.74, 6) is 3.38. The lowest BCUT2D eigenvalue weighted by Gasteiger charge is -2.55. The van der Waals surface area contributed by atoms with Crippen LogP contribution in [0.5, 0.6) is 0 Å². The zero-order valence-electron chi connectivity index (χ0n) is 12.8. The Morgan fingerprint density at radius 2 is 1.89 bits per heavy atom. The molecule has 1 saturated carbocycles. The molecular formula is C17H27NO. The fourth-order valence-corrected chi connectivity index (χ4v) is 4.82. The Morgan fingerprint density at radius 1 is 1.16 bits per heavy atom. The summed E-state index contributed by atoms with van der Waals surface area (Å²) in [4.78, 5) is 14.7. The minimum absolute atomic E-state index is 0.382. The summed E-state index contributed by atoms with van der Waals surface area (Å²) in [6.45, 7) is 10.2. The maximum Gasteiger partial charge on any atom is 0.162 e. The quantitative estimate of drug-likeness (QED) is 0.663. The van der Waals surface area contributed by atoms with E-state index in [0.717, 1.165) is 36.3 Å². The van der Waals surface area contributed by atoms with Crippen molar-refractivity contribution in [1.29, 1.82) is 0 Å². The van der Waals surface area contributed by atoms with E-state index >= 15 is 0 Å². The second-order valence-electron chi connectivity index (χ2n) is 7.17. The Labute approximate surface area is 117 Å². The molecule has 0 amide bonds. The van der Waals surface area contributed by atoms with E-state index in [0.29, 0.717) is 17.7 Å². The van der Waals surface area contributed by atoms with Crippen LogP contribution in [-0.2, 0) is 4.79 Å². The SMILES string of the molecule is CC1=C2C(C)C(C)C3CC(C)CCC3N2CCC1=O. The van der Waals surface area contributed by atoms with Crippen LogP contribution in [0, 0.1) is 23.7 Å². The van der Waals surface area contributed by atoms with Crippen LogP contribution in [0.25, 0.3) is 0 Å². The highest BCUT2D eigenvalue weighted by atomic mass is 16.1. The molecule has 2 fully saturated rings. The van der Waals surface area contributed by atoms with Gasteiger partial charge in [0.2, 0.25) is 0 Å². The van der Waals surface area contributed by atoms with Gasteiger partial charge >= 0.3 is 0 Å². The van der Waals surface area contributed by atoms with Gasteiger partial charge < -0.3 is 4.90 Å². The number of fused-ring (bicyclic) bond motifs is 3. The molecule has 0 N–H and O–H groups in total. The van der Waals surface area contributed by atoms with E-state index in [4.69, 9.17) is 0 Å². The van der Waals surface area contributed by atoms with Crippen LogP contribution in [0.1, 0.15) is 53.4 Å². The molecule has 3 aliphatic rings. The van der Waals surface area contributed by atoms with Gasteiger partial charge in [-0.1, -0.05) is 20.8 Å². The highest BCUT2D eigenvalue weighted by Gasteiger charge is 2.46. The molecule has 3 rings (SSSR count). The zero-order chi connectivity index (χ0) is 13.7. The molecule has 106 valence electrons. The topological polar surface area (TPSA) is 20.3 Å². The maximum atomic E-state index is 12.0. The van der Waals surface area contributed by atoms with Crippen molar-refractivity contribution in [2.75, 3.05) is 6.54 Å². The molecule has 0 aromatic heterocycles. The van der Waals surface area contributed by atoms with Crippen molar-refractivity contribution < 1.29 is 4.79 Å². The van der Waals surface area contributed by atoms with E-state index in [1.165, 1.54) is 25.0 Å². The van der Waals surface area contributed by atoms with Gasteiger partial charge in [0.15, 0.2) is 5.78 Å². The van der Waals surface area contributed by atoms with Crippen LogP contribution in [0.2, 0.25) is 0 Å². The third-order valence-corrected chi connectivity index (χ3v) is 6.11. The third kappa shape index (κ3) is 1.95. The Kier molecular flexibility index (Phi) is 3.23. The van der Waals surface area contributed by atoms with E-state index in [2.05, 4.69) is 32.6 Å². The third-order valence-electron chi connectivity index (χ3n) is 6.11. The summed E-state index contributed by atoms with van der Waals surface area (Å²) < 4.78 is 0. The van der Waals surface area contributed by atoms with Crippen molar-refractivity contribution in [3.05, 3.63) is 11.3 Å². The molecule has 2 aliphatic heterocycles. The van der Waals surface area contributed by atoms with Gasteiger partial charge in [-0.3, -0.25) is 4.79 Å². The number of carbonyl (C=O) groups excluding carboxylic acids is 1. The Bertz CT molecular complexity index is 425. The molecular weight excluding hydrogens is 234 g/mol. The van der Waals surface area contributed by atoms with Gasteiger partial charge in [-0.2, -0.15) is 0 Å². The Morgan fingerprint density at radius 3 is 2.63 bits per heavy atom. The number of hydrogen-bond acceptors (Lipinski definition) is 2. The monoisotopic (exact) mass is 261 g/mol. The van der Waals surface area contributed by atoms with Crippen LogP contribution in [-0.4, -0.2) is 23.3 Å². The average Bonchev–Trinajstić information content (AvgIpc) is 2.39. The number of allylic oxidation sites excluding steroid dienone is 2. The highest BCUT2D eigenvalue weighted by Crippen LogP contribution is 2.48. The van der Waals surface area contributed by atoms with E-state index in [1.54, 1.807) is 0 Å². The number of nitrogens with zero attached hydrogens (tertiary/aromatic N) is 1. The first-order valence-electron chi connectivity index (χ1n) is 8.01. The van der Waals surface area contributed by atoms with E-state index in [-0.39, 0.29) is 0 Å². The molecule has 0 radical (unpaired) electrons. The molecule has 5 unspecified atom stereocenters. The van der Waals surface area contributed by atoms with Crippen LogP contribution < -0.4 is 0 Å². The minimum Gasteiger partial charge on any atom is -0.371 e. The van der Waals surface area contributed by atoms with Crippen molar-refractivity contribution in [2.45, 2.75) is 59.4 Å². The Hall–Kier alpha value is -0.790. The number of Topliss-reactive ketones (excluding diaryl/α,β-unsaturated/α-hetero) is 1. The maximum absolute atomic E-state index is 12.0. The molecule has 1 aliphatic carbocycles. The smallest absolute Gasteiger partial charge is 0.162 e. The lowest BCUT2D eigenvalue weighted by molar-refractivity contribution is -0.118. The van der Waals surface area contributed by atoms with Gasteiger partial charge in [0.25, 0.3) is 0 Å².